The molecule has 0 aliphatic heterocycles. The number of hydrogen-bond donors (Lipinski definition) is 1. The Morgan fingerprint density at radius 3 is 2.82 bits per heavy atom. The summed E-state index contributed by atoms with van der Waals surface area (Å²) < 4.78 is 5.98. The van der Waals surface area contributed by atoms with Crippen LogP contribution in [0.15, 0.2) is 6.20 Å². The van der Waals surface area contributed by atoms with Gasteiger partial charge < -0.3 is 10.1 Å². The van der Waals surface area contributed by atoms with Gasteiger partial charge in [0.05, 0.1) is 12.0 Å². The van der Waals surface area contributed by atoms with E-state index in [4.69, 9.17) is 4.74 Å². The summed E-state index contributed by atoms with van der Waals surface area (Å²) in [4.78, 5) is 21.6. The van der Waals surface area contributed by atoms with E-state index in [1.165, 1.54) is 18.0 Å². The number of likely N-dealkylation sites (N-methyl/N-ethyl adjacent to an activating group) is 1. The molecule has 0 saturated heterocycles. The number of carbonyl (C=O) groups is 1. The molecule has 17 heavy (non-hydrogen) atoms. The molecule has 1 N–H and O–H groups in total. The van der Waals surface area contributed by atoms with Crippen LogP contribution in [0.2, 0.25) is 0 Å². The second-order valence-corrected chi connectivity index (χ2v) is 3.33. The Morgan fingerprint density at radius 2 is 2.41 bits per heavy atom. The molecule has 1 unspecified atom stereocenters. The molecule has 1 amide bonds. The van der Waals surface area contributed by atoms with Crippen LogP contribution in [0.5, 0.6) is 5.88 Å². The van der Waals surface area contributed by atoms with E-state index in [0.29, 0.717) is 6.54 Å². The van der Waals surface area contributed by atoms with Gasteiger partial charge in [-0.3, -0.25) is 14.9 Å². The minimum atomic E-state index is -0.627. The molecule has 0 aliphatic carbocycles. The Kier molecular flexibility index (Phi) is 4.02. The van der Waals surface area contributed by atoms with Crippen molar-refractivity contribution in [3.05, 3.63) is 16.3 Å². The molecule has 0 bridgehead atoms. The van der Waals surface area contributed by atoms with Crippen LogP contribution in [-0.4, -0.2) is 34.3 Å². The third-order valence-corrected chi connectivity index (χ3v) is 2.20. The highest BCUT2D eigenvalue weighted by Gasteiger charge is 2.24. The van der Waals surface area contributed by atoms with Crippen molar-refractivity contribution in [1.82, 2.24) is 15.1 Å². The highest BCUT2D eigenvalue weighted by Crippen LogP contribution is 2.25. The first kappa shape index (κ1) is 12.9. The van der Waals surface area contributed by atoms with Crippen molar-refractivity contribution in [2.75, 3.05) is 13.7 Å². The normalized spacial score (nSPS) is 11.9. The zero-order chi connectivity index (χ0) is 13.0. The minimum absolute atomic E-state index is 0.105. The van der Waals surface area contributed by atoms with Gasteiger partial charge in [0.2, 0.25) is 5.91 Å². The molecule has 0 saturated carbocycles. The van der Waals surface area contributed by atoms with Crippen molar-refractivity contribution in [2.45, 2.75) is 19.9 Å². The van der Waals surface area contributed by atoms with Crippen molar-refractivity contribution in [3.8, 4) is 5.88 Å². The van der Waals surface area contributed by atoms with Crippen molar-refractivity contribution in [3.63, 3.8) is 0 Å². The summed E-state index contributed by atoms with van der Waals surface area (Å²) in [6.07, 6.45) is 1.18. The van der Waals surface area contributed by atoms with Crippen LogP contribution < -0.4 is 10.1 Å². The molecule has 0 fully saturated rings. The Hall–Kier alpha value is -2.12. The van der Waals surface area contributed by atoms with E-state index >= 15 is 0 Å². The van der Waals surface area contributed by atoms with Crippen LogP contribution in [0.3, 0.4) is 0 Å². The minimum Gasteiger partial charge on any atom is -0.475 e. The van der Waals surface area contributed by atoms with Crippen molar-refractivity contribution < 1.29 is 14.5 Å². The van der Waals surface area contributed by atoms with Gasteiger partial charge in [-0.2, -0.15) is 0 Å². The maximum atomic E-state index is 11.5. The molecule has 1 aromatic heterocycles. The summed E-state index contributed by atoms with van der Waals surface area (Å²) in [5.74, 6) is -0.362. The standard InChI is InChI=1S/C9H14N4O4/c1-4-10-8(14)6(2)12-5-7(13(15)16)9(11-12)17-3/h5-6H,4H2,1-3H3,(H,10,14). The third-order valence-electron chi connectivity index (χ3n) is 2.20. The van der Waals surface area contributed by atoms with Gasteiger partial charge in [0, 0.05) is 6.54 Å². The number of aromatic nitrogens is 2. The lowest BCUT2D eigenvalue weighted by atomic mass is 10.3. The molecule has 1 atom stereocenters. The van der Waals surface area contributed by atoms with Crippen LogP contribution in [0.4, 0.5) is 5.69 Å². The predicted octanol–water partition coefficient (Wildman–Crippen LogP) is 0.497. The summed E-state index contributed by atoms with van der Waals surface area (Å²) >= 11 is 0. The van der Waals surface area contributed by atoms with E-state index in [2.05, 4.69) is 10.4 Å². The fourth-order valence-corrected chi connectivity index (χ4v) is 1.28. The maximum absolute atomic E-state index is 11.5. The molecule has 0 spiro atoms. The molecule has 0 radical (unpaired) electrons. The number of nitrogens with zero attached hydrogens (tertiary/aromatic N) is 3. The Balaban J connectivity index is 2.99. The fourth-order valence-electron chi connectivity index (χ4n) is 1.28. The van der Waals surface area contributed by atoms with E-state index in [9.17, 15) is 14.9 Å². The van der Waals surface area contributed by atoms with Gasteiger partial charge in [-0.05, 0) is 13.8 Å². The summed E-state index contributed by atoms with van der Waals surface area (Å²) in [5, 5.41) is 17.1. The van der Waals surface area contributed by atoms with Crippen LogP contribution >= 0.6 is 0 Å². The van der Waals surface area contributed by atoms with E-state index in [-0.39, 0.29) is 17.5 Å². The molecular weight excluding hydrogens is 228 g/mol. The SMILES string of the molecule is CCNC(=O)C(C)n1cc([N+](=O)[O-])c(OC)n1. The number of nitro groups is 1. The average Bonchev–Trinajstić information content (AvgIpc) is 2.72. The van der Waals surface area contributed by atoms with Crippen LogP contribution in [0.25, 0.3) is 0 Å². The van der Waals surface area contributed by atoms with Crippen LogP contribution in [-0.2, 0) is 4.79 Å². The summed E-state index contributed by atoms with van der Waals surface area (Å²) in [6, 6.07) is -0.627. The van der Waals surface area contributed by atoms with E-state index in [1.54, 1.807) is 13.8 Å². The first-order valence-corrected chi connectivity index (χ1v) is 5.06. The van der Waals surface area contributed by atoms with Gasteiger partial charge >= 0.3 is 11.6 Å². The number of rotatable bonds is 5. The zero-order valence-electron chi connectivity index (χ0n) is 9.84. The van der Waals surface area contributed by atoms with Crippen molar-refractivity contribution >= 4 is 11.6 Å². The third kappa shape index (κ3) is 2.71. The van der Waals surface area contributed by atoms with E-state index in [1.807, 2.05) is 0 Å². The van der Waals surface area contributed by atoms with Gasteiger partial charge in [-0.25, -0.2) is 4.68 Å². The molecule has 0 aliphatic rings. The fraction of sp³-hybridized carbons (Fsp3) is 0.556. The number of carbonyl (C=O) groups excluding carboxylic acids is 1. The molecule has 0 aromatic carbocycles. The quantitative estimate of drug-likeness (QED) is 0.598. The van der Waals surface area contributed by atoms with Crippen molar-refractivity contribution in [1.29, 1.82) is 0 Å². The first-order chi connectivity index (χ1) is 8.01. The number of amides is 1. The molecule has 8 nitrogen and oxygen atoms in total. The lowest BCUT2D eigenvalue weighted by Gasteiger charge is -2.10. The lowest BCUT2D eigenvalue weighted by Crippen LogP contribution is -2.30. The summed E-state index contributed by atoms with van der Waals surface area (Å²) in [7, 11) is 1.29. The maximum Gasteiger partial charge on any atom is 0.350 e. The monoisotopic (exact) mass is 242 g/mol. The Morgan fingerprint density at radius 1 is 1.76 bits per heavy atom. The summed E-state index contributed by atoms with van der Waals surface area (Å²) in [5.41, 5.74) is -0.261. The van der Waals surface area contributed by atoms with Gasteiger partial charge in [-0.15, -0.1) is 5.10 Å². The van der Waals surface area contributed by atoms with E-state index in [0.717, 1.165) is 0 Å². The average molecular weight is 242 g/mol. The molecule has 1 rings (SSSR count). The molecule has 94 valence electrons. The second kappa shape index (κ2) is 5.28. The first-order valence-electron chi connectivity index (χ1n) is 5.06. The number of hydrogen-bond acceptors (Lipinski definition) is 5. The lowest BCUT2D eigenvalue weighted by molar-refractivity contribution is -0.385. The van der Waals surface area contributed by atoms with Crippen LogP contribution in [0, 0.1) is 10.1 Å². The molecule has 1 aromatic rings. The highest BCUT2D eigenvalue weighted by molar-refractivity contribution is 5.79. The predicted molar refractivity (Wildman–Crippen MR) is 58.8 cm³/mol. The molecule has 1 heterocycles. The molecule has 8 heteroatoms. The Bertz CT molecular complexity index is 429. The second-order valence-electron chi connectivity index (χ2n) is 3.33. The van der Waals surface area contributed by atoms with Gasteiger partial charge in [0.1, 0.15) is 12.2 Å². The smallest absolute Gasteiger partial charge is 0.350 e. The number of methoxy groups -OCH3 is 1. The van der Waals surface area contributed by atoms with Gasteiger partial charge in [0.15, 0.2) is 0 Å². The van der Waals surface area contributed by atoms with E-state index < -0.39 is 11.0 Å². The molecular formula is C9H14N4O4. The number of ether oxygens (including phenoxy) is 1. The summed E-state index contributed by atoms with van der Waals surface area (Å²) in [6.45, 7) is 3.88. The Labute approximate surface area is 97.7 Å². The topological polar surface area (TPSA) is 99.3 Å². The van der Waals surface area contributed by atoms with Gasteiger partial charge in [-0.1, -0.05) is 0 Å². The van der Waals surface area contributed by atoms with Crippen LogP contribution in [0.1, 0.15) is 19.9 Å². The van der Waals surface area contributed by atoms with Gasteiger partial charge in [0.25, 0.3) is 0 Å². The zero-order valence-corrected chi connectivity index (χ0v) is 9.84. The van der Waals surface area contributed by atoms with Crippen molar-refractivity contribution in [2.24, 2.45) is 0 Å². The highest BCUT2D eigenvalue weighted by atomic mass is 16.6. The largest absolute Gasteiger partial charge is 0.475 e. The number of nitrogens with one attached hydrogen (secondary N) is 1.